The molecule has 1 aliphatic heterocycles. The topological polar surface area (TPSA) is 77.0 Å². The Kier molecular flexibility index (Phi) is 3.37. The number of hydrogen-bond acceptors (Lipinski definition) is 5. The van der Waals surface area contributed by atoms with Crippen LogP contribution in [-0.2, 0) is 11.8 Å². The van der Waals surface area contributed by atoms with E-state index in [0.717, 1.165) is 47.0 Å². The second-order valence-electron chi connectivity index (χ2n) is 5.37. The molecule has 7 heteroatoms. The van der Waals surface area contributed by atoms with E-state index in [1.54, 1.807) is 11.3 Å². The molecule has 0 unspecified atom stereocenters. The summed E-state index contributed by atoms with van der Waals surface area (Å²) in [4.78, 5) is 18.2. The molecule has 1 amide bonds. The molecule has 0 aromatic carbocycles. The highest BCUT2D eigenvalue weighted by Gasteiger charge is 2.27. The van der Waals surface area contributed by atoms with Gasteiger partial charge >= 0.3 is 0 Å². The molecule has 1 aliphatic rings. The van der Waals surface area contributed by atoms with Crippen LogP contribution in [0, 0.1) is 6.92 Å². The zero-order valence-corrected chi connectivity index (χ0v) is 12.6. The minimum absolute atomic E-state index is 0.190. The molecule has 108 valence electrons. The predicted molar refractivity (Wildman–Crippen MR) is 79.9 cm³/mol. The van der Waals surface area contributed by atoms with Gasteiger partial charge in [-0.25, -0.2) is 9.67 Å². The third kappa shape index (κ3) is 2.26. The minimum atomic E-state index is -0.235. The summed E-state index contributed by atoms with van der Waals surface area (Å²) in [6, 6.07) is 0.190. The number of carbonyl (C=O) groups is 1. The van der Waals surface area contributed by atoms with Crippen LogP contribution in [0.5, 0.6) is 0 Å². The fourth-order valence-corrected chi connectivity index (χ4v) is 4.02. The summed E-state index contributed by atoms with van der Waals surface area (Å²) >= 11 is 1.66. The van der Waals surface area contributed by atoms with Gasteiger partial charge in [-0.05, 0) is 26.2 Å². The number of primary amides is 1. The molecule has 0 aliphatic carbocycles. The lowest BCUT2D eigenvalue weighted by Gasteiger charge is -2.34. The number of nitrogens with two attached hydrogens (primary N) is 1. The number of thiazole rings is 1. The van der Waals surface area contributed by atoms with Crippen LogP contribution in [0.3, 0.4) is 0 Å². The van der Waals surface area contributed by atoms with E-state index in [1.165, 1.54) is 0 Å². The summed E-state index contributed by atoms with van der Waals surface area (Å²) < 4.78 is 2.95. The maximum Gasteiger partial charge on any atom is 0.219 e. The molecular formula is C13H19N5OS. The van der Waals surface area contributed by atoms with Crippen molar-refractivity contribution in [1.29, 1.82) is 0 Å². The maximum absolute atomic E-state index is 11.2. The average Bonchev–Trinajstić information content (AvgIpc) is 2.92. The third-order valence-corrected chi connectivity index (χ3v) is 5.03. The van der Waals surface area contributed by atoms with Gasteiger partial charge in [-0.1, -0.05) is 11.3 Å². The van der Waals surface area contributed by atoms with Gasteiger partial charge in [-0.2, -0.15) is 5.10 Å². The lowest BCUT2D eigenvalue weighted by molar-refractivity contribution is -0.118. The second-order valence-corrected chi connectivity index (χ2v) is 6.35. The van der Waals surface area contributed by atoms with E-state index in [4.69, 9.17) is 10.7 Å². The third-order valence-electron chi connectivity index (χ3n) is 3.84. The van der Waals surface area contributed by atoms with Gasteiger partial charge < -0.3 is 10.6 Å². The van der Waals surface area contributed by atoms with Crippen LogP contribution in [0.4, 0.5) is 5.13 Å². The Balaban J connectivity index is 1.94. The van der Waals surface area contributed by atoms with E-state index >= 15 is 0 Å². The molecular weight excluding hydrogens is 274 g/mol. The van der Waals surface area contributed by atoms with Gasteiger partial charge in [0.25, 0.3) is 0 Å². The monoisotopic (exact) mass is 293 g/mol. The lowest BCUT2D eigenvalue weighted by atomic mass is 10.00. The number of rotatable bonds is 3. The number of aromatic nitrogens is 3. The highest BCUT2D eigenvalue weighted by molar-refractivity contribution is 7.22. The van der Waals surface area contributed by atoms with Gasteiger partial charge in [0.05, 0.1) is 10.4 Å². The maximum atomic E-state index is 11.2. The molecule has 3 rings (SSSR count). The summed E-state index contributed by atoms with van der Waals surface area (Å²) in [7, 11) is 1.91. The zero-order valence-electron chi connectivity index (χ0n) is 11.8. The Morgan fingerprint density at radius 3 is 3.00 bits per heavy atom. The van der Waals surface area contributed by atoms with Gasteiger partial charge in [0.15, 0.2) is 10.8 Å². The van der Waals surface area contributed by atoms with Crippen molar-refractivity contribution in [2.45, 2.75) is 38.6 Å². The fourth-order valence-electron chi connectivity index (χ4n) is 2.89. The summed E-state index contributed by atoms with van der Waals surface area (Å²) in [5, 5.41) is 5.36. The molecule has 0 bridgehead atoms. The highest BCUT2D eigenvalue weighted by Crippen LogP contribution is 2.34. The molecule has 2 N–H and O–H groups in total. The minimum Gasteiger partial charge on any atom is -0.370 e. The molecule has 1 atom stereocenters. The van der Waals surface area contributed by atoms with E-state index in [0.29, 0.717) is 6.42 Å². The predicted octanol–water partition coefficient (Wildman–Crippen LogP) is 1.57. The molecule has 2 aromatic rings. The normalized spacial score (nSPS) is 19.7. The van der Waals surface area contributed by atoms with Crippen molar-refractivity contribution in [3.05, 3.63) is 5.69 Å². The second kappa shape index (κ2) is 5.05. The van der Waals surface area contributed by atoms with Crippen LogP contribution < -0.4 is 10.6 Å². The SMILES string of the molecule is Cc1nn(C)c2nc(N3CCCC[C@@H]3CC(N)=O)sc12. The Morgan fingerprint density at radius 2 is 2.30 bits per heavy atom. The largest absolute Gasteiger partial charge is 0.370 e. The Morgan fingerprint density at radius 1 is 1.50 bits per heavy atom. The Hall–Kier alpha value is -1.63. The van der Waals surface area contributed by atoms with E-state index < -0.39 is 0 Å². The molecule has 1 fully saturated rings. The van der Waals surface area contributed by atoms with Gasteiger partial charge in [-0.15, -0.1) is 0 Å². The first-order chi connectivity index (χ1) is 9.56. The lowest BCUT2D eigenvalue weighted by Crippen LogP contribution is -2.41. The summed E-state index contributed by atoms with van der Waals surface area (Å²) in [5.41, 5.74) is 7.30. The van der Waals surface area contributed by atoms with Crippen LogP contribution >= 0.6 is 11.3 Å². The van der Waals surface area contributed by atoms with Crippen LogP contribution in [0.1, 0.15) is 31.4 Å². The first-order valence-corrected chi connectivity index (χ1v) is 7.73. The van der Waals surface area contributed by atoms with Crippen molar-refractivity contribution in [2.75, 3.05) is 11.4 Å². The molecule has 6 nitrogen and oxygen atoms in total. The van der Waals surface area contributed by atoms with Crippen molar-refractivity contribution < 1.29 is 4.79 Å². The van der Waals surface area contributed by atoms with Gasteiger partial charge in [0, 0.05) is 26.1 Å². The first-order valence-electron chi connectivity index (χ1n) is 6.91. The van der Waals surface area contributed by atoms with Crippen LogP contribution in [0.2, 0.25) is 0 Å². The van der Waals surface area contributed by atoms with Crippen molar-refractivity contribution >= 4 is 32.7 Å². The fraction of sp³-hybridized carbons (Fsp3) is 0.615. The highest BCUT2D eigenvalue weighted by atomic mass is 32.1. The van der Waals surface area contributed by atoms with Crippen molar-refractivity contribution in [3.8, 4) is 0 Å². The summed E-state index contributed by atoms with van der Waals surface area (Å²) in [6.45, 7) is 2.95. The van der Waals surface area contributed by atoms with Crippen molar-refractivity contribution in [1.82, 2.24) is 14.8 Å². The van der Waals surface area contributed by atoms with E-state index in [1.807, 2.05) is 18.7 Å². The van der Waals surface area contributed by atoms with Crippen molar-refractivity contribution in [2.24, 2.45) is 12.8 Å². The van der Waals surface area contributed by atoms with Gasteiger partial charge in [0.2, 0.25) is 5.91 Å². The molecule has 0 saturated carbocycles. The smallest absolute Gasteiger partial charge is 0.219 e. The van der Waals surface area contributed by atoms with Crippen molar-refractivity contribution in [3.63, 3.8) is 0 Å². The molecule has 20 heavy (non-hydrogen) atoms. The summed E-state index contributed by atoms with van der Waals surface area (Å²) in [5.74, 6) is -0.235. The standard InChI is InChI=1S/C13H19N5OS/c1-8-11-12(17(2)16-8)15-13(20-11)18-6-4-3-5-9(18)7-10(14)19/h9H,3-7H2,1-2H3,(H2,14,19)/t9-/m1/s1. The van der Waals surface area contributed by atoms with Crippen LogP contribution in [0.15, 0.2) is 0 Å². The molecule has 2 aromatic heterocycles. The Labute approximate surface area is 121 Å². The number of anilines is 1. The number of aryl methyl sites for hydroxylation is 2. The Bertz CT molecular complexity index is 612. The average molecular weight is 293 g/mol. The molecule has 0 radical (unpaired) electrons. The number of fused-ring (bicyclic) bond motifs is 1. The van der Waals surface area contributed by atoms with Gasteiger partial charge in [0.1, 0.15) is 0 Å². The summed E-state index contributed by atoms with van der Waals surface area (Å²) in [6.07, 6.45) is 3.71. The number of hydrogen-bond donors (Lipinski definition) is 1. The van der Waals surface area contributed by atoms with Crippen LogP contribution in [0.25, 0.3) is 10.3 Å². The zero-order chi connectivity index (χ0) is 14.3. The molecule has 3 heterocycles. The molecule has 1 saturated heterocycles. The van der Waals surface area contributed by atoms with Gasteiger partial charge in [-0.3, -0.25) is 4.79 Å². The number of amides is 1. The van der Waals surface area contributed by atoms with E-state index in [-0.39, 0.29) is 11.9 Å². The number of piperidine rings is 1. The van der Waals surface area contributed by atoms with E-state index in [2.05, 4.69) is 10.00 Å². The first kappa shape index (κ1) is 13.4. The number of carbonyl (C=O) groups excluding carboxylic acids is 1. The van der Waals surface area contributed by atoms with Crippen LogP contribution in [-0.4, -0.2) is 33.3 Å². The number of nitrogens with zero attached hydrogens (tertiary/aromatic N) is 4. The quantitative estimate of drug-likeness (QED) is 0.932. The molecule has 0 spiro atoms. The van der Waals surface area contributed by atoms with E-state index in [9.17, 15) is 4.79 Å².